The van der Waals surface area contributed by atoms with Crippen molar-refractivity contribution in [3.05, 3.63) is 45.5 Å². The summed E-state index contributed by atoms with van der Waals surface area (Å²) in [5, 5.41) is 11.9. The van der Waals surface area contributed by atoms with Gasteiger partial charge in [0.2, 0.25) is 0 Å². The number of hydrogen-bond acceptors (Lipinski definition) is 4. The average molecular weight is 438 g/mol. The molecule has 1 aromatic rings. The number of nitro benzene ring substituents is 1. The number of unbranched alkanes of at least 4 members (excludes halogenated alkanes) is 7. The van der Waals surface area contributed by atoms with Crippen molar-refractivity contribution in [2.45, 2.75) is 64.7 Å². The molecule has 5 nitrogen and oxygen atoms in total. The summed E-state index contributed by atoms with van der Waals surface area (Å²) in [6.07, 6.45) is 10.8. The highest BCUT2D eigenvalue weighted by molar-refractivity contribution is 9.09. The molecule has 0 radical (unpaired) electrons. The van der Waals surface area contributed by atoms with Crippen molar-refractivity contribution in [2.75, 3.05) is 5.33 Å². The molecule has 6 heteroatoms. The lowest BCUT2D eigenvalue weighted by atomic mass is 9.98. The van der Waals surface area contributed by atoms with Gasteiger partial charge in [0.1, 0.15) is 0 Å². The molecular formula is C21H28BrNO4. The monoisotopic (exact) mass is 437 g/mol. The molecule has 0 heterocycles. The minimum atomic E-state index is -0.494. The van der Waals surface area contributed by atoms with Gasteiger partial charge < -0.3 is 0 Å². The summed E-state index contributed by atoms with van der Waals surface area (Å²) in [4.78, 5) is 34.6. The van der Waals surface area contributed by atoms with Gasteiger partial charge in [-0.25, -0.2) is 0 Å². The lowest BCUT2D eigenvalue weighted by Crippen LogP contribution is -2.10. The van der Waals surface area contributed by atoms with Gasteiger partial charge >= 0.3 is 0 Å². The van der Waals surface area contributed by atoms with E-state index in [1.165, 1.54) is 57.2 Å². The second kappa shape index (κ2) is 13.4. The Bertz CT molecular complexity index is 670. The van der Waals surface area contributed by atoms with Crippen molar-refractivity contribution in [2.24, 2.45) is 0 Å². The Morgan fingerprint density at radius 2 is 1.63 bits per heavy atom. The highest BCUT2D eigenvalue weighted by Gasteiger charge is 2.15. The summed E-state index contributed by atoms with van der Waals surface area (Å²) < 4.78 is 0. The SMILES string of the molecule is CC(=O)/C(=C/c1cccc([N+](=O)[O-])c1)C(=O)CCCCCCCCCCBr. The van der Waals surface area contributed by atoms with Crippen LogP contribution in [-0.4, -0.2) is 21.8 Å². The van der Waals surface area contributed by atoms with E-state index < -0.39 is 4.92 Å². The van der Waals surface area contributed by atoms with E-state index in [0.29, 0.717) is 12.0 Å². The predicted octanol–water partition coefficient (Wildman–Crippen LogP) is 6.04. The number of carbonyl (C=O) groups excluding carboxylic acids is 2. The van der Waals surface area contributed by atoms with Gasteiger partial charge in [-0.15, -0.1) is 0 Å². The van der Waals surface area contributed by atoms with Crippen LogP contribution < -0.4 is 0 Å². The summed E-state index contributed by atoms with van der Waals surface area (Å²) in [5.41, 5.74) is 0.548. The van der Waals surface area contributed by atoms with E-state index in [0.717, 1.165) is 24.6 Å². The fourth-order valence-electron chi connectivity index (χ4n) is 2.85. The van der Waals surface area contributed by atoms with Crippen molar-refractivity contribution < 1.29 is 14.5 Å². The molecule has 0 spiro atoms. The van der Waals surface area contributed by atoms with Crippen LogP contribution in [0.3, 0.4) is 0 Å². The number of Topliss-reactive ketones (excluding diaryl/α,β-unsaturated/α-hetero) is 2. The molecular weight excluding hydrogens is 410 g/mol. The number of benzene rings is 1. The number of nitrogens with zero attached hydrogens (tertiary/aromatic N) is 1. The van der Waals surface area contributed by atoms with Crippen LogP contribution in [0.5, 0.6) is 0 Å². The van der Waals surface area contributed by atoms with Crippen LogP contribution in [-0.2, 0) is 9.59 Å². The number of halogens is 1. The van der Waals surface area contributed by atoms with Crippen LogP contribution in [0.15, 0.2) is 29.8 Å². The van der Waals surface area contributed by atoms with E-state index in [1.54, 1.807) is 12.1 Å². The van der Waals surface area contributed by atoms with Crippen molar-refractivity contribution in [3.63, 3.8) is 0 Å². The van der Waals surface area contributed by atoms with Gasteiger partial charge in [0.25, 0.3) is 5.69 Å². The van der Waals surface area contributed by atoms with E-state index in [1.807, 2.05) is 0 Å². The van der Waals surface area contributed by atoms with Gasteiger partial charge in [-0.1, -0.05) is 66.6 Å². The van der Waals surface area contributed by atoms with Gasteiger partial charge in [0.05, 0.1) is 10.5 Å². The van der Waals surface area contributed by atoms with Gasteiger partial charge in [-0.2, -0.15) is 0 Å². The number of rotatable bonds is 14. The summed E-state index contributed by atoms with van der Waals surface area (Å²) >= 11 is 3.43. The average Bonchev–Trinajstić information content (AvgIpc) is 2.64. The van der Waals surface area contributed by atoms with Gasteiger partial charge in [-0.3, -0.25) is 19.7 Å². The Kier molecular flexibility index (Phi) is 11.5. The Morgan fingerprint density at radius 3 is 2.19 bits per heavy atom. The maximum absolute atomic E-state index is 12.4. The molecule has 0 amide bonds. The number of nitro groups is 1. The molecule has 1 aromatic carbocycles. The summed E-state index contributed by atoms with van der Waals surface area (Å²) in [5.74, 6) is -0.496. The van der Waals surface area contributed by atoms with E-state index in [4.69, 9.17) is 0 Å². The third-order valence-corrected chi connectivity index (χ3v) is 4.92. The van der Waals surface area contributed by atoms with Crippen molar-refractivity contribution in [1.29, 1.82) is 0 Å². The largest absolute Gasteiger partial charge is 0.294 e. The van der Waals surface area contributed by atoms with Crippen molar-refractivity contribution >= 4 is 39.3 Å². The molecule has 27 heavy (non-hydrogen) atoms. The van der Waals surface area contributed by atoms with E-state index in [-0.39, 0.29) is 22.8 Å². The minimum absolute atomic E-state index is 0.0600. The number of alkyl halides is 1. The van der Waals surface area contributed by atoms with E-state index in [2.05, 4.69) is 15.9 Å². The molecule has 0 saturated carbocycles. The Labute approximate surface area is 169 Å². The van der Waals surface area contributed by atoms with Gasteiger partial charge in [-0.05, 0) is 31.4 Å². The minimum Gasteiger partial charge on any atom is -0.294 e. The third kappa shape index (κ3) is 9.61. The zero-order chi connectivity index (χ0) is 20.1. The van der Waals surface area contributed by atoms with Crippen molar-refractivity contribution in [3.8, 4) is 0 Å². The number of allylic oxidation sites excluding steroid dienone is 1. The fraction of sp³-hybridized carbons (Fsp3) is 0.524. The molecule has 0 bridgehead atoms. The molecule has 0 saturated heterocycles. The molecule has 0 atom stereocenters. The maximum atomic E-state index is 12.4. The topological polar surface area (TPSA) is 77.3 Å². The standard InChI is InChI=1S/C21H28BrNO4/c1-17(24)20(16-18-11-10-12-19(15-18)23(26)27)21(25)13-8-6-4-2-3-5-7-9-14-22/h10-12,15-16H,2-9,13-14H2,1H3/b20-16-. The van der Waals surface area contributed by atoms with Crippen LogP contribution in [0.1, 0.15) is 70.3 Å². The van der Waals surface area contributed by atoms with Crippen LogP contribution in [0, 0.1) is 10.1 Å². The smallest absolute Gasteiger partial charge is 0.270 e. The number of non-ortho nitro benzene ring substituents is 1. The summed E-state index contributed by atoms with van der Waals surface area (Å²) in [6, 6.07) is 5.95. The second-order valence-electron chi connectivity index (χ2n) is 6.66. The zero-order valence-electron chi connectivity index (χ0n) is 15.9. The van der Waals surface area contributed by atoms with Crippen LogP contribution in [0.4, 0.5) is 5.69 Å². The molecule has 1 rings (SSSR count). The predicted molar refractivity (Wildman–Crippen MR) is 112 cm³/mol. The molecule has 0 unspecified atom stereocenters. The Balaban J connectivity index is 2.48. The first-order valence-electron chi connectivity index (χ1n) is 9.52. The third-order valence-electron chi connectivity index (χ3n) is 4.36. The fourth-order valence-corrected chi connectivity index (χ4v) is 3.25. The summed E-state index contributed by atoms with van der Waals surface area (Å²) in [6.45, 7) is 1.36. The van der Waals surface area contributed by atoms with Crippen molar-refractivity contribution in [1.82, 2.24) is 0 Å². The quantitative estimate of drug-likeness (QED) is 0.0675. The lowest BCUT2D eigenvalue weighted by molar-refractivity contribution is -0.384. The molecule has 0 aromatic heterocycles. The number of carbonyl (C=O) groups is 2. The molecule has 0 N–H and O–H groups in total. The first-order chi connectivity index (χ1) is 13.0. The Morgan fingerprint density at radius 1 is 1.04 bits per heavy atom. The van der Waals surface area contributed by atoms with Crippen LogP contribution >= 0.6 is 15.9 Å². The molecule has 0 aliphatic rings. The first-order valence-corrected chi connectivity index (χ1v) is 10.6. The molecule has 0 fully saturated rings. The first kappa shape index (κ1) is 23.2. The lowest BCUT2D eigenvalue weighted by Gasteiger charge is -2.05. The van der Waals surface area contributed by atoms with E-state index >= 15 is 0 Å². The van der Waals surface area contributed by atoms with Gasteiger partial charge in [0, 0.05) is 23.9 Å². The highest BCUT2D eigenvalue weighted by atomic mass is 79.9. The van der Waals surface area contributed by atoms with Crippen LogP contribution in [0.2, 0.25) is 0 Å². The Hall–Kier alpha value is -1.82. The highest BCUT2D eigenvalue weighted by Crippen LogP contribution is 2.18. The zero-order valence-corrected chi connectivity index (χ0v) is 17.5. The molecule has 148 valence electrons. The molecule has 0 aliphatic heterocycles. The molecule has 0 aliphatic carbocycles. The van der Waals surface area contributed by atoms with Gasteiger partial charge in [0.15, 0.2) is 11.6 Å². The second-order valence-corrected chi connectivity index (χ2v) is 7.45. The van der Waals surface area contributed by atoms with E-state index in [9.17, 15) is 19.7 Å². The van der Waals surface area contributed by atoms with Crippen LogP contribution in [0.25, 0.3) is 6.08 Å². The number of hydrogen-bond donors (Lipinski definition) is 0. The normalized spacial score (nSPS) is 11.4. The summed E-state index contributed by atoms with van der Waals surface area (Å²) in [7, 11) is 0. The number of ketones is 2. The maximum Gasteiger partial charge on any atom is 0.270 e.